The Bertz CT molecular complexity index is 287. The minimum Gasteiger partial charge on any atom is -0.0766 e. The van der Waals surface area contributed by atoms with Crippen molar-refractivity contribution in [1.29, 1.82) is 0 Å². The summed E-state index contributed by atoms with van der Waals surface area (Å²) in [5, 5.41) is 0. The van der Waals surface area contributed by atoms with Crippen LogP contribution in [0.3, 0.4) is 0 Å². The molecule has 0 spiro atoms. The van der Waals surface area contributed by atoms with Gasteiger partial charge in [-0.2, -0.15) is 0 Å². The van der Waals surface area contributed by atoms with E-state index in [1.54, 1.807) is 0 Å². The lowest BCUT2D eigenvalue weighted by Crippen LogP contribution is -1.79. The molecule has 2 rings (SSSR count). The normalized spacial score (nSPS) is 14.7. The van der Waals surface area contributed by atoms with Crippen LogP contribution in [0, 0.1) is 0 Å². The van der Waals surface area contributed by atoms with Gasteiger partial charge in [0.25, 0.3) is 0 Å². The van der Waals surface area contributed by atoms with Gasteiger partial charge in [-0.1, -0.05) is 30.3 Å². The van der Waals surface area contributed by atoms with Crippen LogP contribution in [-0.4, -0.2) is 0 Å². The second-order valence-corrected chi connectivity index (χ2v) is 2.75. The fraction of sp³-hybridized carbons (Fsp3) is 0.200. The molecule has 0 amide bonds. The zero-order valence-corrected chi connectivity index (χ0v) is 6.09. The van der Waals surface area contributed by atoms with Crippen molar-refractivity contribution in [2.45, 2.75) is 13.3 Å². The third-order valence-electron chi connectivity index (χ3n) is 2.07. The van der Waals surface area contributed by atoms with E-state index in [0.717, 1.165) is 6.42 Å². The fourth-order valence-corrected chi connectivity index (χ4v) is 1.46. The second-order valence-electron chi connectivity index (χ2n) is 2.75. The van der Waals surface area contributed by atoms with Crippen LogP contribution in [0.15, 0.2) is 30.3 Å². The number of rotatable bonds is 0. The highest BCUT2D eigenvalue weighted by atomic mass is 14.1. The van der Waals surface area contributed by atoms with Gasteiger partial charge in [-0.3, -0.25) is 0 Å². The Labute approximate surface area is 62.7 Å². The van der Waals surface area contributed by atoms with Gasteiger partial charge in [0, 0.05) is 1.43 Å². The minimum absolute atomic E-state index is 0. The number of benzene rings is 1. The van der Waals surface area contributed by atoms with Crippen LogP contribution in [0.25, 0.3) is 5.57 Å². The Morgan fingerprint density at radius 3 is 2.90 bits per heavy atom. The van der Waals surface area contributed by atoms with Gasteiger partial charge < -0.3 is 0 Å². The van der Waals surface area contributed by atoms with Crippen LogP contribution in [0.4, 0.5) is 0 Å². The molecule has 0 fully saturated rings. The Balaban J connectivity index is 0.000000605. The summed E-state index contributed by atoms with van der Waals surface area (Å²) in [4.78, 5) is 0. The minimum atomic E-state index is 0. The Kier molecular flexibility index (Phi) is 1.13. The predicted molar refractivity (Wildman–Crippen MR) is 45.9 cm³/mol. The van der Waals surface area contributed by atoms with Crippen LogP contribution in [0.1, 0.15) is 19.5 Å². The lowest BCUT2D eigenvalue weighted by molar-refractivity contribution is 1.31. The van der Waals surface area contributed by atoms with E-state index in [1.165, 1.54) is 16.7 Å². The van der Waals surface area contributed by atoms with Crippen molar-refractivity contribution in [3.63, 3.8) is 0 Å². The van der Waals surface area contributed by atoms with Crippen LogP contribution >= 0.6 is 0 Å². The molecular weight excluding hydrogens is 120 g/mol. The van der Waals surface area contributed by atoms with E-state index in [9.17, 15) is 0 Å². The van der Waals surface area contributed by atoms with E-state index in [0.29, 0.717) is 0 Å². The van der Waals surface area contributed by atoms with Gasteiger partial charge in [-0.05, 0) is 30.0 Å². The van der Waals surface area contributed by atoms with Crippen molar-refractivity contribution in [2.24, 2.45) is 0 Å². The van der Waals surface area contributed by atoms with Crippen molar-refractivity contribution < 1.29 is 1.43 Å². The van der Waals surface area contributed by atoms with Gasteiger partial charge in [0.05, 0.1) is 0 Å². The Morgan fingerprint density at radius 1 is 1.30 bits per heavy atom. The molecule has 10 heavy (non-hydrogen) atoms. The summed E-state index contributed by atoms with van der Waals surface area (Å²) in [6.07, 6.45) is 3.41. The topological polar surface area (TPSA) is 0 Å². The third-order valence-corrected chi connectivity index (χ3v) is 2.07. The molecule has 0 heteroatoms. The fourth-order valence-electron chi connectivity index (χ4n) is 1.46. The molecule has 52 valence electrons. The average Bonchev–Trinajstić information content (AvgIpc) is 2.34. The summed E-state index contributed by atoms with van der Waals surface area (Å²) in [6.45, 7) is 2.17. The first-order valence-electron chi connectivity index (χ1n) is 3.63. The number of fused-ring (bicyclic) bond motifs is 1. The van der Waals surface area contributed by atoms with E-state index in [4.69, 9.17) is 0 Å². The van der Waals surface area contributed by atoms with Crippen molar-refractivity contribution in [2.75, 3.05) is 0 Å². The van der Waals surface area contributed by atoms with Crippen LogP contribution < -0.4 is 0 Å². The number of hydrogen-bond acceptors (Lipinski definition) is 0. The van der Waals surface area contributed by atoms with E-state index in [2.05, 4.69) is 37.3 Å². The van der Waals surface area contributed by atoms with Gasteiger partial charge in [-0.25, -0.2) is 0 Å². The average molecular weight is 132 g/mol. The quantitative estimate of drug-likeness (QED) is 0.509. The van der Waals surface area contributed by atoms with Crippen LogP contribution in [0.2, 0.25) is 0 Å². The van der Waals surface area contributed by atoms with Gasteiger partial charge in [0.2, 0.25) is 0 Å². The zero-order valence-electron chi connectivity index (χ0n) is 6.09. The summed E-state index contributed by atoms with van der Waals surface area (Å²) in [5.74, 6) is 0. The van der Waals surface area contributed by atoms with Crippen molar-refractivity contribution in [3.8, 4) is 0 Å². The van der Waals surface area contributed by atoms with E-state index in [1.807, 2.05) is 0 Å². The molecule has 0 bridgehead atoms. The van der Waals surface area contributed by atoms with Crippen LogP contribution in [0.5, 0.6) is 0 Å². The summed E-state index contributed by atoms with van der Waals surface area (Å²) >= 11 is 0. The summed E-state index contributed by atoms with van der Waals surface area (Å²) in [7, 11) is 0. The highest BCUT2D eigenvalue weighted by Crippen LogP contribution is 2.25. The highest BCUT2D eigenvalue weighted by Gasteiger charge is 2.07. The first-order chi connectivity index (χ1) is 4.88. The molecule has 0 N–H and O–H groups in total. The maximum Gasteiger partial charge on any atom is 0 e. The molecule has 0 saturated heterocycles. The standard InChI is InChI=1S/C10H10.H2/c1-8-6-7-9-4-2-3-5-10(8)9;/h2-6H,7H2,1H3;1H. The summed E-state index contributed by atoms with van der Waals surface area (Å²) < 4.78 is 0. The van der Waals surface area contributed by atoms with E-state index >= 15 is 0 Å². The molecule has 0 aliphatic heterocycles. The molecule has 1 aliphatic rings. The lowest BCUT2D eigenvalue weighted by Gasteiger charge is -1.97. The molecule has 0 aromatic heterocycles. The Morgan fingerprint density at radius 2 is 2.10 bits per heavy atom. The summed E-state index contributed by atoms with van der Waals surface area (Å²) in [6, 6.07) is 8.59. The second kappa shape index (κ2) is 1.98. The predicted octanol–water partition coefficient (Wildman–Crippen LogP) is 2.89. The smallest absolute Gasteiger partial charge is 0 e. The third kappa shape index (κ3) is 0.688. The van der Waals surface area contributed by atoms with Crippen molar-refractivity contribution in [3.05, 3.63) is 41.5 Å². The lowest BCUT2D eigenvalue weighted by atomic mass is 10.1. The van der Waals surface area contributed by atoms with Gasteiger partial charge in [0.1, 0.15) is 0 Å². The molecule has 0 saturated carbocycles. The molecule has 0 atom stereocenters. The number of allylic oxidation sites excluding steroid dienone is 2. The maximum atomic E-state index is 2.28. The maximum absolute atomic E-state index is 2.28. The van der Waals surface area contributed by atoms with E-state index in [-0.39, 0.29) is 1.43 Å². The van der Waals surface area contributed by atoms with E-state index < -0.39 is 0 Å². The SMILES string of the molecule is CC1=CCc2ccccc21.[HH]. The molecule has 0 radical (unpaired) electrons. The summed E-state index contributed by atoms with van der Waals surface area (Å²) in [5.41, 5.74) is 4.33. The van der Waals surface area contributed by atoms with Crippen LogP contribution in [-0.2, 0) is 6.42 Å². The Hall–Kier alpha value is -1.04. The first kappa shape index (κ1) is 5.72. The molecule has 0 unspecified atom stereocenters. The largest absolute Gasteiger partial charge is 0.0766 e. The van der Waals surface area contributed by atoms with Gasteiger partial charge >= 0.3 is 0 Å². The van der Waals surface area contributed by atoms with Gasteiger partial charge in [0.15, 0.2) is 0 Å². The number of hydrogen-bond donors (Lipinski definition) is 0. The monoisotopic (exact) mass is 132 g/mol. The van der Waals surface area contributed by atoms with Gasteiger partial charge in [-0.15, -0.1) is 0 Å². The highest BCUT2D eigenvalue weighted by molar-refractivity contribution is 5.71. The molecule has 0 nitrogen and oxygen atoms in total. The van der Waals surface area contributed by atoms with Crippen molar-refractivity contribution >= 4 is 5.57 Å². The molecule has 1 aliphatic carbocycles. The molecule has 0 heterocycles. The zero-order chi connectivity index (χ0) is 6.97. The molecule has 1 aromatic carbocycles. The van der Waals surface area contributed by atoms with Crippen molar-refractivity contribution in [1.82, 2.24) is 0 Å². The molecule has 1 aromatic rings. The first-order valence-corrected chi connectivity index (χ1v) is 3.63. The molecular formula is C10H12.